The van der Waals surface area contributed by atoms with Gasteiger partial charge in [0.05, 0.1) is 12.7 Å². The Morgan fingerprint density at radius 1 is 1.15 bits per heavy atom. The topological polar surface area (TPSA) is 88.3 Å². The summed E-state index contributed by atoms with van der Waals surface area (Å²) in [5.74, 6) is -1.58. The van der Waals surface area contributed by atoms with E-state index in [-0.39, 0.29) is 16.1 Å². The molecule has 0 saturated carbocycles. The Balaban J connectivity index is 2.35. The van der Waals surface area contributed by atoms with Gasteiger partial charge in [-0.05, 0) is 23.6 Å². The summed E-state index contributed by atoms with van der Waals surface area (Å²) in [6, 6.07) is 8.10. The number of methoxy groups -OCH3 is 1. The van der Waals surface area contributed by atoms with Crippen molar-refractivity contribution in [2.24, 2.45) is 10.2 Å². The smallest absolute Gasteiger partial charge is 0.348 e. The number of carboxylic acid groups (broad SMARTS) is 1. The molecule has 1 heterocycles. The summed E-state index contributed by atoms with van der Waals surface area (Å²) in [5, 5.41) is 18.4. The van der Waals surface area contributed by atoms with Crippen LogP contribution < -0.4 is 0 Å². The fourth-order valence-corrected chi connectivity index (χ4v) is 2.16. The van der Waals surface area contributed by atoms with Gasteiger partial charge in [-0.2, -0.15) is 0 Å². The molecule has 0 aliphatic rings. The van der Waals surface area contributed by atoms with Gasteiger partial charge >= 0.3 is 11.9 Å². The van der Waals surface area contributed by atoms with Gasteiger partial charge < -0.3 is 9.84 Å². The SMILES string of the molecule is COC(=O)c1ccccc1N=Nc1ccsc1C(=O)O. The highest BCUT2D eigenvalue weighted by Crippen LogP contribution is 2.28. The molecule has 0 unspecified atom stereocenters. The number of esters is 1. The molecule has 0 atom stereocenters. The Kier molecular flexibility index (Phi) is 4.21. The number of carbonyl (C=O) groups is 2. The summed E-state index contributed by atoms with van der Waals surface area (Å²) in [4.78, 5) is 22.6. The molecule has 1 aromatic carbocycles. The monoisotopic (exact) mass is 290 g/mol. The van der Waals surface area contributed by atoms with E-state index < -0.39 is 11.9 Å². The maximum Gasteiger partial charge on any atom is 0.348 e. The van der Waals surface area contributed by atoms with E-state index in [4.69, 9.17) is 5.11 Å². The van der Waals surface area contributed by atoms with Crippen molar-refractivity contribution in [3.8, 4) is 0 Å². The normalized spacial score (nSPS) is 10.7. The third-order valence-corrected chi connectivity index (χ3v) is 3.31. The molecule has 1 aromatic heterocycles. The molecule has 6 nitrogen and oxygen atoms in total. The van der Waals surface area contributed by atoms with Gasteiger partial charge in [0.2, 0.25) is 0 Å². The van der Waals surface area contributed by atoms with Gasteiger partial charge in [-0.1, -0.05) is 12.1 Å². The molecular weight excluding hydrogens is 280 g/mol. The van der Waals surface area contributed by atoms with E-state index in [1.54, 1.807) is 35.7 Å². The van der Waals surface area contributed by atoms with E-state index in [1.165, 1.54) is 7.11 Å². The molecule has 0 saturated heterocycles. The molecule has 0 aliphatic heterocycles. The van der Waals surface area contributed by atoms with Crippen LogP contribution in [0, 0.1) is 0 Å². The number of aromatic carboxylic acids is 1. The van der Waals surface area contributed by atoms with Crippen LogP contribution in [0.3, 0.4) is 0 Å². The van der Waals surface area contributed by atoms with E-state index in [9.17, 15) is 9.59 Å². The Hall–Kier alpha value is -2.54. The van der Waals surface area contributed by atoms with Crippen LogP contribution in [0.15, 0.2) is 45.9 Å². The first-order valence-electron chi connectivity index (χ1n) is 5.53. The standard InChI is InChI=1S/C13H10N2O4S/c1-19-13(18)8-4-2-3-5-9(8)14-15-10-6-7-20-11(10)12(16)17/h2-7H,1H3,(H,16,17). The zero-order valence-electron chi connectivity index (χ0n) is 10.4. The van der Waals surface area contributed by atoms with Gasteiger partial charge in [-0.15, -0.1) is 21.6 Å². The first-order chi connectivity index (χ1) is 9.63. The molecule has 20 heavy (non-hydrogen) atoms. The number of azo groups is 1. The van der Waals surface area contributed by atoms with E-state index >= 15 is 0 Å². The largest absolute Gasteiger partial charge is 0.477 e. The Labute approximate surface area is 118 Å². The number of nitrogens with zero attached hydrogens (tertiary/aromatic N) is 2. The number of carbonyl (C=O) groups excluding carboxylic acids is 1. The lowest BCUT2D eigenvalue weighted by atomic mass is 10.2. The van der Waals surface area contributed by atoms with Crippen LogP contribution in [0.1, 0.15) is 20.0 Å². The number of carboxylic acids is 1. The molecular formula is C13H10N2O4S. The van der Waals surface area contributed by atoms with Crippen molar-refractivity contribution in [2.45, 2.75) is 0 Å². The van der Waals surface area contributed by atoms with Crippen molar-refractivity contribution in [3.05, 3.63) is 46.2 Å². The summed E-state index contributed by atoms with van der Waals surface area (Å²) in [6.45, 7) is 0. The second-order valence-corrected chi connectivity index (χ2v) is 4.56. The molecule has 2 rings (SSSR count). The molecule has 1 N–H and O–H groups in total. The Bertz CT molecular complexity index is 679. The Morgan fingerprint density at radius 3 is 2.55 bits per heavy atom. The zero-order valence-corrected chi connectivity index (χ0v) is 11.3. The number of rotatable bonds is 4. The summed E-state index contributed by atoms with van der Waals surface area (Å²) >= 11 is 1.06. The van der Waals surface area contributed by atoms with Crippen molar-refractivity contribution in [1.29, 1.82) is 0 Å². The van der Waals surface area contributed by atoms with Gasteiger partial charge in [-0.3, -0.25) is 0 Å². The number of hydrogen-bond acceptors (Lipinski definition) is 6. The summed E-state index contributed by atoms with van der Waals surface area (Å²) in [7, 11) is 1.28. The average molecular weight is 290 g/mol. The predicted octanol–water partition coefficient (Wildman–Crippen LogP) is 3.65. The lowest BCUT2D eigenvalue weighted by Gasteiger charge is -2.01. The van der Waals surface area contributed by atoms with Crippen LogP contribution >= 0.6 is 11.3 Å². The molecule has 0 radical (unpaired) electrons. The number of thiophene rings is 1. The fraction of sp³-hybridized carbons (Fsp3) is 0.0769. The van der Waals surface area contributed by atoms with Gasteiger partial charge in [0.25, 0.3) is 0 Å². The molecule has 0 bridgehead atoms. The third kappa shape index (κ3) is 2.89. The van der Waals surface area contributed by atoms with E-state index in [0.717, 1.165) is 11.3 Å². The molecule has 2 aromatic rings. The second kappa shape index (κ2) is 6.07. The summed E-state index contributed by atoms with van der Waals surface area (Å²) < 4.78 is 4.64. The predicted molar refractivity (Wildman–Crippen MR) is 73.2 cm³/mol. The van der Waals surface area contributed by atoms with Crippen molar-refractivity contribution >= 4 is 34.7 Å². The maximum atomic E-state index is 11.6. The number of hydrogen-bond donors (Lipinski definition) is 1. The van der Waals surface area contributed by atoms with Gasteiger partial charge in [0, 0.05) is 0 Å². The van der Waals surface area contributed by atoms with Crippen LogP contribution in [0.25, 0.3) is 0 Å². The van der Waals surface area contributed by atoms with Gasteiger partial charge in [0.1, 0.15) is 16.3 Å². The molecule has 0 fully saturated rings. The number of benzene rings is 1. The van der Waals surface area contributed by atoms with E-state index in [0.29, 0.717) is 5.69 Å². The van der Waals surface area contributed by atoms with Crippen molar-refractivity contribution in [2.75, 3.05) is 7.11 Å². The lowest BCUT2D eigenvalue weighted by molar-refractivity contribution is 0.0600. The lowest BCUT2D eigenvalue weighted by Crippen LogP contribution is -2.00. The molecule has 0 aliphatic carbocycles. The highest BCUT2D eigenvalue weighted by molar-refractivity contribution is 7.12. The second-order valence-electron chi connectivity index (χ2n) is 3.65. The summed E-state index contributed by atoms with van der Waals surface area (Å²) in [6.07, 6.45) is 0. The van der Waals surface area contributed by atoms with Gasteiger partial charge in [-0.25, -0.2) is 9.59 Å². The molecule has 0 spiro atoms. The minimum Gasteiger partial charge on any atom is -0.477 e. The van der Waals surface area contributed by atoms with Gasteiger partial charge in [0.15, 0.2) is 0 Å². The van der Waals surface area contributed by atoms with E-state index in [2.05, 4.69) is 15.0 Å². The minimum atomic E-state index is -1.06. The molecule has 102 valence electrons. The van der Waals surface area contributed by atoms with Crippen LogP contribution in [0.2, 0.25) is 0 Å². The number of ether oxygens (including phenoxy) is 1. The quantitative estimate of drug-likeness (QED) is 0.687. The molecule has 0 amide bonds. The van der Waals surface area contributed by atoms with Crippen molar-refractivity contribution in [3.63, 3.8) is 0 Å². The minimum absolute atomic E-state index is 0.101. The molecule has 7 heteroatoms. The maximum absolute atomic E-state index is 11.6. The van der Waals surface area contributed by atoms with Crippen molar-refractivity contribution in [1.82, 2.24) is 0 Å². The zero-order chi connectivity index (χ0) is 14.5. The Morgan fingerprint density at radius 2 is 1.85 bits per heavy atom. The average Bonchev–Trinajstić information content (AvgIpc) is 2.93. The third-order valence-electron chi connectivity index (χ3n) is 2.41. The fourth-order valence-electron chi connectivity index (χ4n) is 1.49. The van der Waals surface area contributed by atoms with E-state index in [1.807, 2.05) is 0 Å². The van der Waals surface area contributed by atoms with Crippen LogP contribution in [-0.2, 0) is 4.74 Å². The highest BCUT2D eigenvalue weighted by atomic mass is 32.1. The van der Waals surface area contributed by atoms with Crippen LogP contribution in [0.5, 0.6) is 0 Å². The first kappa shape index (κ1) is 13.9. The van der Waals surface area contributed by atoms with Crippen molar-refractivity contribution < 1.29 is 19.4 Å². The highest BCUT2D eigenvalue weighted by Gasteiger charge is 2.13. The van der Waals surface area contributed by atoms with Crippen LogP contribution in [-0.4, -0.2) is 24.2 Å². The van der Waals surface area contributed by atoms with Crippen LogP contribution in [0.4, 0.5) is 11.4 Å². The summed E-state index contributed by atoms with van der Waals surface area (Å²) in [5.41, 5.74) is 0.843. The first-order valence-corrected chi connectivity index (χ1v) is 6.41.